The topological polar surface area (TPSA) is 66.6 Å². The van der Waals surface area contributed by atoms with Gasteiger partial charge in [-0.1, -0.05) is 6.92 Å². The molecule has 3 heterocycles. The number of allylic oxidation sites excluding steroid dienone is 1. The molecule has 0 aromatic carbocycles. The Morgan fingerprint density at radius 3 is 1.86 bits per heavy atom. The third kappa shape index (κ3) is 3.15. The van der Waals surface area contributed by atoms with Gasteiger partial charge < -0.3 is 19.9 Å². The molecule has 22 heavy (non-hydrogen) atoms. The summed E-state index contributed by atoms with van der Waals surface area (Å²) in [5, 5.41) is 9.32. The Hall–Kier alpha value is -1.86. The SMILES string of the molecule is CCN(C)O.O=C1C=C(N2CC2)C(=O)C(N2CC2)=C1N1CC1. The number of rotatable bonds is 4. The van der Waals surface area contributed by atoms with Crippen molar-refractivity contribution >= 4 is 11.6 Å². The third-order valence-corrected chi connectivity index (χ3v) is 3.95. The number of nitrogens with zero attached hydrogens (tertiary/aromatic N) is 4. The van der Waals surface area contributed by atoms with Crippen molar-refractivity contribution in [3.8, 4) is 0 Å². The molecule has 3 aliphatic heterocycles. The molecule has 0 saturated carbocycles. The van der Waals surface area contributed by atoms with Gasteiger partial charge in [0.25, 0.3) is 0 Å². The highest BCUT2D eigenvalue weighted by Gasteiger charge is 2.43. The number of carbonyl (C=O) groups is 2. The van der Waals surface area contributed by atoms with E-state index in [4.69, 9.17) is 5.21 Å². The van der Waals surface area contributed by atoms with E-state index in [-0.39, 0.29) is 11.6 Å². The van der Waals surface area contributed by atoms with Crippen LogP contribution in [-0.4, -0.2) is 89.4 Å². The molecule has 4 rings (SSSR count). The van der Waals surface area contributed by atoms with Crippen LogP contribution in [0, 0.1) is 0 Å². The fourth-order valence-electron chi connectivity index (χ4n) is 2.28. The van der Waals surface area contributed by atoms with Crippen LogP contribution in [0.3, 0.4) is 0 Å². The molecule has 1 aliphatic carbocycles. The molecule has 0 amide bonds. The van der Waals surface area contributed by atoms with Crippen molar-refractivity contribution in [3.05, 3.63) is 23.2 Å². The zero-order valence-electron chi connectivity index (χ0n) is 13.1. The average molecular weight is 306 g/mol. The average Bonchev–Trinajstić information content (AvgIpc) is 3.34. The molecule has 3 saturated heterocycles. The number of ketones is 2. The van der Waals surface area contributed by atoms with E-state index in [0.29, 0.717) is 23.6 Å². The van der Waals surface area contributed by atoms with Gasteiger partial charge in [0.2, 0.25) is 11.6 Å². The first-order valence-corrected chi connectivity index (χ1v) is 7.72. The van der Waals surface area contributed by atoms with Gasteiger partial charge in [-0.3, -0.25) is 9.59 Å². The fourth-order valence-corrected chi connectivity index (χ4v) is 2.28. The number of hydrogen-bond acceptors (Lipinski definition) is 7. The minimum atomic E-state index is 0.00546. The number of Topliss-reactive ketones (excluding diaryl/α,β-unsaturated/α-hetero) is 1. The van der Waals surface area contributed by atoms with E-state index in [1.165, 1.54) is 6.08 Å². The van der Waals surface area contributed by atoms with E-state index in [0.717, 1.165) is 44.3 Å². The molecule has 0 aromatic heterocycles. The van der Waals surface area contributed by atoms with Crippen LogP contribution in [0.25, 0.3) is 0 Å². The lowest BCUT2D eigenvalue weighted by atomic mass is 10.0. The first kappa shape index (κ1) is 15.1. The van der Waals surface area contributed by atoms with Gasteiger partial charge in [-0.15, -0.1) is 0 Å². The molecular formula is C15H22N4O3. The summed E-state index contributed by atoms with van der Waals surface area (Å²) in [7, 11) is 1.61. The first-order valence-electron chi connectivity index (χ1n) is 7.72. The lowest BCUT2D eigenvalue weighted by Crippen LogP contribution is -2.29. The highest BCUT2D eigenvalue weighted by atomic mass is 16.5. The summed E-state index contributed by atoms with van der Waals surface area (Å²) in [4.78, 5) is 30.5. The number of carbonyl (C=O) groups excluding carboxylic acids is 2. The van der Waals surface area contributed by atoms with Crippen molar-refractivity contribution in [2.24, 2.45) is 0 Å². The van der Waals surface area contributed by atoms with Crippen LogP contribution >= 0.6 is 0 Å². The molecule has 120 valence electrons. The molecule has 3 fully saturated rings. The second-order valence-corrected chi connectivity index (χ2v) is 5.86. The van der Waals surface area contributed by atoms with Crippen molar-refractivity contribution in [3.63, 3.8) is 0 Å². The molecule has 0 spiro atoms. The Morgan fingerprint density at radius 2 is 1.45 bits per heavy atom. The van der Waals surface area contributed by atoms with E-state index in [9.17, 15) is 9.59 Å². The van der Waals surface area contributed by atoms with Crippen LogP contribution in [0.15, 0.2) is 23.2 Å². The van der Waals surface area contributed by atoms with Crippen LogP contribution in [0.2, 0.25) is 0 Å². The maximum Gasteiger partial charge on any atom is 0.227 e. The van der Waals surface area contributed by atoms with Gasteiger partial charge in [-0.25, -0.2) is 0 Å². The monoisotopic (exact) mass is 306 g/mol. The molecule has 7 heteroatoms. The van der Waals surface area contributed by atoms with E-state index in [1.54, 1.807) is 7.05 Å². The summed E-state index contributed by atoms with van der Waals surface area (Å²) < 4.78 is 0. The van der Waals surface area contributed by atoms with Gasteiger partial charge in [0.05, 0.1) is 5.70 Å². The van der Waals surface area contributed by atoms with Crippen molar-refractivity contribution in [2.45, 2.75) is 6.92 Å². The quantitative estimate of drug-likeness (QED) is 0.427. The predicted octanol–water partition coefficient (Wildman–Crippen LogP) is -0.492. The zero-order valence-corrected chi connectivity index (χ0v) is 13.1. The van der Waals surface area contributed by atoms with Gasteiger partial charge in [-0.05, 0) is 0 Å². The van der Waals surface area contributed by atoms with Crippen LogP contribution in [0.1, 0.15) is 6.92 Å². The Labute approximate surface area is 130 Å². The third-order valence-electron chi connectivity index (χ3n) is 3.95. The first-order chi connectivity index (χ1) is 10.5. The molecule has 4 aliphatic rings. The molecular weight excluding hydrogens is 284 g/mol. The normalized spacial score (nSPS) is 22.7. The van der Waals surface area contributed by atoms with E-state index >= 15 is 0 Å². The Balaban J connectivity index is 0.000000254. The second-order valence-electron chi connectivity index (χ2n) is 5.86. The van der Waals surface area contributed by atoms with Crippen LogP contribution in [0.4, 0.5) is 0 Å². The summed E-state index contributed by atoms with van der Waals surface area (Å²) in [6.07, 6.45) is 1.52. The van der Waals surface area contributed by atoms with Crippen molar-refractivity contribution in [2.75, 3.05) is 52.9 Å². The maximum absolute atomic E-state index is 12.4. The van der Waals surface area contributed by atoms with Gasteiger partial charge in [0.1, 0.15) is 11.4 Å². The van der Waals surface area contributed by atoms with Gasteiger partial charge >= 0.3 is 0 Å². The molecule has 0 radical (unpaired) electrons. The van der Waals surface area contributed by atoms with Gasteiger partial charge in [-0.2, -0.15) is 5.06 Å². The minimum Gasteiger partial charge on any atom is -0.365 e. The Morgan fingerprint density at radius 1 is 1.00 bits per heavy atom. The second kappa shape index (κ2) is 5.73. The van der Waals surface area contributed by atoms with E-state index in [1.807, 2.05) is 21.6 Å². The van der Waals surface area contributed by atoms with Gasteiger partial charge in [0.15, 0.2) is 0 Å². The van der Waals surface area contributed by atoms with Crippen molar-refractivity contribution in [1.82, 2.24) is 19.8 Å². The minimum absolute atomic E-state index is 0.00546. The largest absolute Gasteiger partial charge is 0.365 e. The Kier molecular flexibility index (Phi) is 3.92. The summed E-state index contributed by atoms with van der Waals surface area (Å²) in [5.41, 5.74) is 1.89. The molecule has 0 bridgehead atoms. The Bertz CT molecular complexity index is 555. The summed E-state index contributed by atoms with van der Waals surface area (Å²) in [6, 6.07) is 0. The lowest BCUT2D eigenvalue weighted by molar-refractivity contribution is -0.117. The van der Waals surface area contributed by atoms with Crippen LogP contribution < -0.4 is 0 Å². The zero-order chi connectivity index (χ0) is 15.9. The van der Waals surface area contributed by atoms with E-state index < -0.39 is 0 Å². The van der Waals surface area contributed by atoms with Crippen molar-refractivity contribution in [1.29, 1.82) is 0 Å². The highest BCUT2D eigenvalue weighted by Crippen LogP contribution is 2.33. The molecule has 0 aromatic rings. The smallest absolute Gasteiger partial charge is 0.227 e. The molecule has 0 atom stereocenters. The van der Waals surface area contributed by atoms with Gasteiger partial charge in [0, 0.05) is 58.9 Å². The molecule has 7 nitrogen and oxygen atoms in total. The maximum atomic E-state index is 12.4. The molecule has 1 N–H and O–H groups in total. The fraction of sp³-hybridized carbons (Fsp3) is 0.600. The predicted molar refractivity (Wildman–Crippen MR) is 79.9 cm³/mol. The standard InChI is InChI=1S/C12H13N3O2.C3H9NO/c16-9-7-8(13-1-2-13)12(17)11(15-5-6-15)10(9)14-3-4-14;1-3-4(2)5/h7H,1-6H2;5H,3H2,1-2H3. The van der Waals surface area contributed by atoms with E-state index in [2.05, 4.69) is 0 Å². The molecule has 0 unspecified atom stereocenters. The summed E-state index contributed by atoms with van der Waals surface area (Å²) in [5.74, 6) is 0.0485. The number of hydroxylamine groups is 2. The summed E-state index contributed by atoms with van der Waals surface area (Å²) in [6.45, 7) is 7.98. The van der Waals surface area contributed by atoms with Crippen molar-refractivity contribution < 1.29 is 14.8 Å². The van der Waals surface area contributed by atoms with Crippen LogP contribution in [0.5, 0.6) is 0 Å². The lowest BCUT2D eigenvalue weighted by Gasteiger charge is -2.21. The summed E-state index contributed by atoms with van der Waals surface area (Å²) >= 11 is 0. The highest BCUT2D eigenvalue weighted by molar-refractivity contribution is 6.22. The number of hydrogen-bond donors (Lipinski definition) is 1. The van der Waals surface area contributed by atoms with Crippen LogP contribution in [-0.2, 0) is 9.59 Å².